The number of hydrogen-bond acceptors (Lipinski definition) is 4. The van der Waals surface area contributed by atoms with Crippen LogP contribution in [-0.4, -0.2) is 17.2 Å². The summed E-state index contributed by atoms with van der Waals surface area (Å²) < 4.78 is 10.7. The topological polar surface area (TPSA) is 76.7 Å². The van der Waals surface area contributed by atoms with Gasteiger partial charge in [-0.2, -0.15) is 0 Å². The summed E-state index contributed by atoms with van der Waals surface area (Å²) in [6, 6.07) is 4.91. The van der Waals surface area contributed by atoms with Gasteiger partial charge in [0.15, 0.2) is 6.10 Å². The van der Waals surface area contributed by atoms with Crippen LogP contribution in [0.4, 0.5) is 0 Å². The molecule has 5 heteroatoms. The fourth-order valence-corrected chi connectivity index (χ4v) is 2.08. The van der Waals surface area contributed by atoms with Crippen molar-refractivity contribution in [2.24, 2.45) is 0 Å². The lowest BCUT2D eigenvalue weighted by Crippen LogP contribution is -2.23. The average molecular weight is 276 g/mol. The molecule has 2 rings (SSSR count). The van der Waals surface area contributed by atoms with Crippen LogP contribution in [0.15, 0.2) is 27.4 Å². The molecular formula is C15H16O5. The predicted octanol–water partition coefficient (Wildman–Crippen LogP) is 2.52. The molecule has 0 saturated heterocycles. The molecule has 2 aromatic rings. The Morgan fingerprint density at radius 3 is 2.70 bits per heavy atom. The number of carboxylic acids is 1. The van der Waals surface area contributed by atoms with Gasteiger partial charge in [0.25, 0.3) is 0 Å². The maximum absolute atomic E-state index is 11.5. The van der Waals surface area contributed by atoms with Crippen LogP contribution in [-0.2, 0) is 11.2 Å². The molecule has 5 nitrogen and oxygen atoms in total. The number of carboxylic acid groups (broad SMARTS) is 1. The third-order valence-corrected chi connectivity index (χ3v) is 3.07. The Morgan fingerprint density at radius 1 is 1.40 bits per heavy atom. The van der Waals surface area contributed by atoms with Crippen LogP contribution in [0.5, 0.6) is 5.75 Å². The second-order valence-electron chi connectivity index (χ2n) is 4.68. The van der Waals surface area contributed by atoms with Gasteiger partial charge in [-0.3, -0.25) is 0 Å². The summed E-state index contributed by atoms with van der Waals surface area (Å²) in [7, 11) is 0. The smallest absolute Gasteiger partial charge is 0.344 e. The minimum absolute atomic E-state index is 0.418. The Bertz CT molecular complexity index is 714. The molecular weight excluding hydrogens is 260 g/mol. The summed E-state index contributed by atoms with van der Waals surface area (Å²) in [5.41, 5.74) is 1.62. The van der Waals surface area contributed by atoms with Crippen molar-refractivity contribution in [3.63, 3.8) is 0 Å². The molecule has 0 radical (unpaired) electrons. The van der Waals surface area contributed by atoms with Crippen LogP contribution < -0.4 is 10.4 Å². The van der Waals surface area contributed by atoms with Crippen molar-refractivity contribution in [1.29, 1.82) is 0 Å². The zero-order chi connectivity index (χ0) is 14.9. The third kappa shape index (κ3) is 2.66. The molecule has 1 aromatic heterocycles. The molecule has 0 aliphatic heterocycles. The van der Waals surface area contributed by atoms with Crippen LogP contribution >= 0.6 is 0 Å². The second-order valence-corrected chi connectivity index (χ2v) is 4.68. The quantitative estimate of drug-likeness (QED) is 0.868. The summed E-state index contributed by atoms with van der Waals surface area (Å²) in [5.74, 6) is -0.620. The van der Waals surface area contributed by atoms with Crippen LogP contribution in [0.2, 0.25) is 0 Å². The van der Waals surface area contributed by atoms with E-state index in [2.05, 4.69) is 0 Å². The van der Waals surface area contributed by atoms with E-state index in [1.165, 1.54) is 13.0 Å². The first kappa shape index (κ1) is 14.1. The first-order valence-electron chi connectivity index (χ1n) is 6.39. The van der Waals surface area contributed by atoms with Gasteiger partial charge in [-0.1, -0.05) is 6.92 Å². The fourth-order valence-electron chi connectivity index (χ4n) is 2.08. The van der Waals surface area contributed by atoms with Crippen LogP contribution in [0.25, 0.3) is 11.0 Å². The molecule has 1 heterocycles. The molecule has 1 atom stereocenters. The van der Waals surface area contributed by atoms with Crippen molar-refractivity contribution in [3.8, 4) is 5.75 Å². The number of benzene rings is 1. The summed E-state index contributed by atoms with van der Waals surface area (Å²) in [4.78, 5) is 22.4. The van der Waals surface area contributed by atoms with Crippen molar-refractivity contribution >= 4 is 16.9 Å². The Hall–Kier alpha value is -2.30. The van der Waals surface area contributed by atoms with Crippen molar-refractivity contribution in [2.75, 3.05) is 0 Å². The molecule has 0 saturated carbocycles. The van der Waals surface area contributed by atoms with Gasteiger partial charge in [-0.15, -0.1) is 0 Å². The van der Waals surface area contributed by atoms with E-state index in [4.69, 9.17) is 14.3 Å². The van der Waals surface area contributed by atoms with Gasteiger partial charge in [0.05, 0.1) is 5.39 Å². The molecule has 20 heavy (non-hydrogen) atoms. The highest BCUT2D eigenvalue weighted by Gasteiger charge is 2.17. The molecule has 1 aromatic carbocycles. The van der Waals surface area contributed by atoms with E-state index in [9.17, 15) is 9.59 Å². The largest absolute Gasteiger partial charge is 0.479 e. The molecule has 0 amide bonds. The second kappa shape index (κ2) is 5.36. The van der Waals surface area contributed by atoms with Gasteiger partial charge >= 0.3 is 11.6 Å². The molecule has 0 bridgehead atoms. The molecule has 0 aliphatic carbocycles. The van der Waals surface area contributed by atoms with Gasteiger partial charge in [0, 0.05) is 6.07 Å². The Balaban J connectivity index is 2.69. The highest BCUT2D eigenvalue weighted by molar-refractivity contribution is 5.88. The Morgan fingerprint density at radius 2 is 2.10 bits per heavy atom. The molecule has 0 fully saturated rings. The van der Waals surface area contributed by atoms with E-state index in [1.807, 2.05) is 13.8 Å². The maximum Gasteiger partial charge on any atom is 0.344 e. The van der Waals surface area contributed by atoms with Gasteiger partial charge in [0.2, 0.25) is 0 Å². The Kier molecular flexibility index (Phi) is 3.79. The van der Waals surface area contributed by atoms with E-state index in [-0.39, 0.29) is 0 Å². The van der Waals surface area contributed by atoms with E-state index in [0.29, 0.717) is 23.1 Å². The highest BCUT2D eigenvalue weighted by atomic mass is 16.5. The summed E-state index contributed by atoms with van der Waals surface area (Å²) in [6.45, 7) is 5.20. The number of aryl methyl sites for hydroxylation is 2. The number of rotatable bonds is 4. The van der Waals surface area contributed by atoms with E-state index >= 15 is 0 Å². The lowest BCUT2D eigenvalue weighted by molar-refractivity contribution is -0.144. The number of fused-ring (bicyclic) bond motifs is 1. The van der Waals surface area contributed by atoms with Crippen molar-refractivity contribution in [3.05, 3.63) is 39.7 Å². The normalized spacial score (nSPS) is 12.3. The molecule has 0 spiro atoms. The van der Waals surface area contributed by atoms with Crippen LogP contribution in [0.3, 0.4) is 0 Å². The Labute approximate surface area is 115 Å². The van der Waals surface area contributed by atoms with Gasteiger partial charge < -0.3 is 14.3 Å². The van der Waals surface area contributed by atoms with Crippen LogP contribution in [0.1, 0.15) is 25.0 Å². The number of aliphatic carboxylic acids is 1. The molecule has 1 N–H and O–H groups in total. The SMILES string of the molecule is CCc1cc(=O)oc2cc(C)cc(O[C@@H](C)C(=O)O)c12. The molecule has 106 valence electrons. The monoisotopic (exact) mass is 276 g/mol. The lowest BCUT2D eigenvalue weighted by atomic mass is 10.0. The molecule has 0 unspecified atom stereocenters. The predicted molar refractivity (Wildman–Crippen MR) is 74.3 cm³/mol. The van der Waals surface area contributed by atoms with Gasteiger partial charge in [-0.25, -0.2) is 9.59 Å². The van der Waals surface area contributed by atoms with Crippen molar-refractivity contribution in [1.82, 2.24) is 0 Å². The number of ether oxygens (including phenoxy) is 1. The number of hydrogen-bond donors (Lipinski definition) is 1. The maximum atomic E-state index is 11.5. The lowest BCUT2D eigenvalue weighted by Gasteiger charge is -2.15. The number of carbonyl (C=O) groups is 1. The summed E-state index contributed by atoms with van der Waals surface area (Å²) in [6.07, 6.45) is -0.347. The minimum atomic E-state index is -1.05. The average Bonchev–Trinajstić information content (AvgIpc) is 2.36. The van der Waals surface area contributed by atoms with Crippen molar-refractivity contribution < 1.29 is 19.1 Å². The zero-order valence-corrected chi connectivity index (χ0v) is 11.6. The van der Waals surface area contributed by atoms with Gasteiger partial charge in [0.1, 0.15) is 11.3 Å². The first-order chi connectivity index (χ1) is 9.42. The first-order valence-corrected chi connectivity index (χ1v) is 6.39. The highest BCUT2D eigenvalue weighted by Crippen LogP contribution is 2.30. The zero-order valence-electron chi connectivity index (χ0n) is 11.6. The third-order valence-electron chi connectivity index (χ3n) is 3.07. The van der Waals surface area contributed by atoms with Crippen molar-refractivity contribution in [2.45, 2.75) is 33.3 Å². The molecule has 0 aliphatic rings. The van der Waals surface area contributed by atoms with E-state index in [0.717, 1.165) is 11.1 Å². The summed E-state index contributed by atoms with van der Waals surface area (Å²) >= 11 is 0. The minimum Gasteiger partial charge on any atom is -0.479 e. The van der Waals surface area contributed by atoms with E-state index in [1.54, 1.807) is 12.1 Å². The van der Waals surface area contributed by atoms with Gasteiger partial charge in [-0.05, 0) is 43.5 Å². The summed E-state index contributed by atoms with van der Waals surface area (Å²) in [5, 5.41) is 9.62. The van der Waals surface area contributed by atoms with Crippen LogP contribution in [0, 0.1) is 6.92 Å². The standard InChI is InChI=1S/C15H16O5/c1-4-10-7-13(16)20-12-6-8(2)5-11(14(10)12)19-9(3)15(17)18/h5-7,9H,4H2,1-3H3,(H,17,18)/t9-/m0/s1. The fraction of sp³-hybridized carbons (Fsp3) is 0.333. The van der Waals surface area contributed by atoms with E-state index < -0.39 is 17.7 Å².